The van der Waals surface area contributed by atoms with Gasteiger partial charge in [0.2, 0.25) is 8.32 Å². The fourth-order valence-electron chi connectivity index (χ4n) is 3.45. The molecule has 0 saturated heterocycles. The first-order valence-corrected chi connectivity index (χ1v) is 12.4. The number of benzene rings is 3. The van der Waals surface area contributed by atoms with Gasteiger partial charge in [-0.25, -0.2) is 0 Å². The van der Waals surface area contributed by atoms with Gasteiger partial charge in [-0.15, -0.1) is 0 Å². The van der Waals surface area contributed by atoms with E-state index in [0.29, 0.717) is 0 Å². The second-order valence-corrected chi connectivity index (χ2v) is 11.0. The molecule has 0 heterocycles. The van der Waals surface area contributed by atoms with Crippen LogP contribution in [0.5, 0.6) is 0 Å². The summed E-state index contributed by atoms with van der Waals surface area (Å²) in [5.74, 6) is 0. The molecule has 0 aliphatic rings. The number of hydroxylamine groups is 1. The topological polar surface area (TPSA) is 21.3 Å². The third-order valence-electron chi connectivity index (χ3n) is 4.97. The van der Waals surface area contributed by atoms with Gasteiger partial charge in [-0.1, -0.05) is 97.1 Å². The highest BCUT2D eigenvalue weighted by atomic mass is 28.4. The minimum atomic E-state index is -2.25. The Morgan fingerprint density at radius 3 is 1.39 bits per heavy atom. The largest absolute Gasteiger partial charge is 0.321 e. The van der Waals surface area contributed by atoms with Gasteiger partial charge in [0.15, 0.2) is 0 Å². The summed E-state index contributed by atoms with van der Waals surface area (Å²) in [7, 11) is -2.25. The Bertz CT molecular complexity index is 761. The second-order valence-electron chi connectivity index (χ2n) is 7.35. The lowest BCUT2D eigenvalue weighted by Gasteiger charge is -2.32. The van der Waals surface area contributed by atoms with E-state index in [1.807, 2.05) is 19.9 Å². The summed E-state index contributed by atoms with van der Waals surface area (Å²) in [6.07, 6.45) is 2.05. The molecule has 0 spiro atoms. The van der Waals surface area contributed by atoms with Crippen LogP contribution in [0.1, 0.15) is 30.5 Å². The maximum Gasteiger partial charge on any atom is 0.242 e. The number of nitrogens with one attached hydrogen (secondary N) is 1. The van der Waals surface area contributed by atoms with Crippen LogP contribution in [-0.2, 0) is 22.7 Å². The van der Waals surface area contributed by atoms with Gasteiger partial charge < -0.3 is 4.53 Å². The first-order chi connectivity index (χ1) is 13.7. The van der Waals surface area contributed by atoms with Crippen LogP contribution in [0.3, 0.4) is 0 Å². The smallest absolute Gasteiger partial charge is 0.242 e. The number of hydrogen-bond donors (Lipinski definition) is 1. The lowest BCUT2D eigenvalue weighted by Crippen LogP contribution is -2.50. The molecule has 0 aliphatic carbocycles. The molecule has 0 amide bonds. The van der Waals surface area contributed by atoms with Crippen molar-refractivity contribution in [2.45, 2.75) is 32.0 Å². The first-order valence-electron chi connectivity index (χ1n) is 9.88. The Kier molecular flexibility index (Phi) is 7.23. The quantitative estimate of drug-likeness (QED) is 0.374. The molecule has 0 bridgehead atoms. The maximum absolute atomic E-state index is 6.61. The van der Waals surface area contributed by atoms with Crippen LogP contribution in [0.4, 0.5) is 0 Å². The van der Waals surface area contributed by atoms with Crippen LogP contribution in [0.25, 0.3) is 0 Å². The normalized spacial score (nSPS) is 12.0. The monoisotopic (exact) mass is 387 g/mol. The summed E-state index contributed by atoms with van der Waals surface area (Å²) in [5, 5.41) is 0. The van der Waals surface area contributed by atoms with E-state index in [4.69, 9.17) is 4.53 Å². The first kappa shape index (κ1) is 20.1. The molecule has 144 valence electrons. The Labute approximate surface area is 170 Å². The predicted molar refractivity (Wildman–Crippen MR) is 120 cm³/mol. The molecule has 28 heavy (non-hydrogen) atoms. The van der Waals surface area contributed by atoms with Crippen LogP contribution < -0.4 is 5.48 Å². The zero-order valence-electron chi connectivity index (χ0n) is 16.8. The molecule has 1 N–H and O–H groups in total. The zero-order chi connectivity index (χ0) is 19.7. The fraction of sp³-hybridized carbons (Fsp3) is 0.200. The summed E-state index contributed by atoms with van der Waals surface area (Å²) in [5.41, 5.74) is 8.31. The van der Waals surface area contributed by atoms with Gasteiger partial charge in [0.25, 0.3) is 0 Å². The van der Waals surface area contributed by atoms with Crippen LogP contribution in [-0.4, -0.2) is 8.32 Å². The van der Waals surface area contributed by atoms with Gasteiger partial charge in [0.05, 0.1) is 0 Å². The summed E-state index contributed by atoms with van der Waals surface area (Å²) < 4.78 is 6.61. The van der Waals surface area contributed by atoms with Crippen molar-refractivity contribution in [2.24, 2.45) is 0 Å². The second kappa shape index (κ2) is 10.1. The standard InChI is InChI=1S/C25H29NOSi/c1-3-22(2)26-27-28(19-23-13-7-4-8-14-23,20-24-15-9-5-10-16-24)21-25-17-11-6-12-18-25/h3-18,26H,19-21H2,1-2H3. The molecule has 0 unspecified atom stereocenters. The SMILES string of the molecule is CC=C(C)NO[Si](Cc1ccccc1)(Cc1ccccc1)Cc1ccccc1. The van der Waals surface area contributed by atoms with Crippen LogP contribution >= 0.6 is 0 Å². The molecular formula is C25H29NOSi. The number of hydrogen-bond acceptors (Lipinski definition) is 2. The number of allylic oxidation sites excluding steroid dienone is 2. The highest BCUT2D eigenvalue weighted by Gasteiger charge is 2.37. The van der Waals surface area contributed by atoms with E-state index in [0.717, 1.165) is 23.8 Å². The van der Waals surface area contributed by atoms with Gasteiger partial charge in [-0.3, -0.25) is 5.48 Å². The van der Waals surface area contributed by atoms with Gasteiger partial charge >= 0.3 is 0 Å². The van der Waals surface area contributed by atoms with Gasteiger partial charge in [0.1, 0.15) is 0 Å². The average molecular weight is 388 g/mol. The fourth-order valence-corrected chi connectivity index (χ4v) is 7.36. The molecule has 3 aromatic rings. The lowest BCUT2D eigenvalue weighted by atomic mass is 10.2. The molecule has 3 rings (SSSR count). The molecule has 0 aliphatic heterocycles. The van der Waals surface area contributed by atoms with E-state index in [-0.39, 0.29) is 0 Å². The van der Waals surface area contributed by atoms with Crippen molar-refractivity contribution in [1.82, 2.24) is 5.48 Å². The van der Waals surface area contributed by atoms with Crippen molar-refractivity contribution < 1.29 is 4.53 Å². The summed E-state index contributed by atoms with van der Waals surface area (Å²) >= 11 is 0. The Morgan fingerprint density at radius 2 is 1.07 bits per heavy atom. The summed E-state index contributed by atoms with van der Waals surface area (Å²) in [6.45, 7) is 4.08. The molecule has 0 aromatic heterocycles. The molecule has 0 saturated carbocycles. The molecule has 0 atom stereocenters. The maximum atomic E-state index is 6.61. The summed E-state index contributed by atoms with van der Waals surface area (Å²) in [4.78, 5) is 0. The van der Waals surface area contributed by atoms with Crippen molar-refractivity contribution in [3.05, 3.63) is 119 Å². The van der Waals surface area contributed by atoms with Crippen LogP contribution in [0, 0.1) is 0 Å². The van der Waals surface area contributed by atoms with E-state index in [2.05, 4.69) is 96.5 Å². The van der Waals surface area contributed by atoms with E-state index in [1.165, 1.54) is 16.7 Å². The van der Waals surface area contributed by atoms with Crippen molar-refractivity contribution in [3.63, 3.8) is 0 Å². The van der Waals surface area contributed by atoms with E-state index < -0.39 is 8.32 Å². The molecular weight excluding hydrogens is 358 g/mol. The zero-order valence-corrected chi connectivity index (χ0v) is 17.8. The predicted octanol–water partition coefficient (Wildman–Crippen LogP) is 5.72. The van der Waals surface area contributed by atoms with Gasteiger partial charge in [-0.2, -0.15) is 0 Å². The van der Waals surface area contributed by atoms with Gasteiger partial charge in [-0.05, 0) is 48.7 Å². The Balaban J connectivity index is 1.97. The van der Waals surface area contributed by atoms with Crippen LogP contribution in [0.2, 0.25) is 0 Å². The lowest BCUT2D eigenvalue weighted by molar-refractivity contribution is 0.208. The minimum Gasteiger partial charge on any atom is -0.321 e. The van der Waals surface area contributed by atoms with Crippen molar-refractivity contribution in [1.29, 1.82) is 0 Å². The van der Waals surface area contributed by atoms with Crippen molar-refractivity contribution in [2.75, 3.05) is 0 Å². The van der Waals surface area contributed by atoms with Crippen molar-refractivity contribution in [3.8, 4) is 0 Å². The summed E-state index contributed by atoms with van der Waals surface area (Å²) in [6, 6.07) is 35.1. The van der Waals surface area contributed by atoms with E-state index >= 15 is 0 Å². The highest BCUT2D eigenvalue weighted by molar-refractivity contribution is 6.72. The molecule has 0 fully saturated rings. The molecule has 2 nitrogen and oxygen atoms in total. The van der Waals surface area contributed by atoms with E-state index in [9.17, 15) is 0 Å². The highest BCUT2D eigenvalue weighted by Crippen LogP contribution is 2.23. The Hall–Kier alpha value is -2.62. The number of rotatable bonds is 9. The molecule has 3 aromatic carbocycles. The molecule has 0 radical (unpaired) electrons. The van der Waals surface area contributed by atoms with Crippen LogP contribution in [0.15, 0.2) is 103 Å². The average Bonchev–Trinajstić information content (AvgIpc) is 2.74. The molecule has 3 heteroatoms. The Morgan fingerprint density at radius 1 is 0.714 bits per heavy atom. The van der Waals surface area contributed by atoms with E-state index in [1.54, 1.807) is 0 Å². The third kappa shape index (κ3) is 5.94. The van der Waals surface area contributed by atoms with Gasteiger partial charge in [0, 0.05) is 5.70 Å². The third-order valence-corrected chi connectivity index (χ3v) is 8.66. The minimum absolute atomic E-state index is 0.960. The van der Waals surface area contributed by atoms with Crippen molar-refractivity contribution >= 4 is 8.32 Å².